The fourth-order valence-electron chi connectivity index (χ4n) is 7.91. The maximum absolute atomic E-state index is 10.5. The SMILES string of the molecule is [2H]c1c([2H])c([2H])c(-c2c([2H])c([2H])c3c4c([2H])c([2H])c([2H])c([2H])c4c4c([2H])c([2H])c([2H])c([2H])c4c3c2[2H])c(-c2c([2H])c([2H])c3c(c2[2H])-c2c([2H])c(-c4ccccc4)c([2H])c([2H])c2C32c3c([2H])c([2H])c([2H])c([2H])c3-c3c([2H])c([2H])c([2H])c([2H])c32)c1[2H]. The lowest BCUT2D eigenvalue weighted by Gasteiger charge is -2.30. The molecule has 0 aliphatic heterocycles. The van der Waals surface area contributed by atoms with Crippen LogP contribution in [0.5, 0.6) is 0 Å². The molecule has 10 aromatic rings. The van der Waals surface area contributed by atoms with Gasteiger partial charge in [-0.2, -0.15) is 0 Å². The minimum absolute atomic E-state index is 0.158. The van der Waals surface area contributed by atoms with Crippen LogP contribution in [0.3, 0.4) is 0 Å². The second kappa shape index (κ2) is 11.5. The molecule has 12 rings (SSSR count). The lowest BCUT2D eigenvalue weighted by molar-refractivity contribution is 0.794. The monoisotopic (exact) mass is 723 g/mol. The van der Waals surface area contributed by atoms with E-state index in [0.29, 0.717) is 0 Å². The molecule has 0 aromatic heterocycles. The van der Waals surface area contributed by atoms with Crippen molar-refractivity contribution in [2.75, 3.05) is 0 Å². The second-order valence-electron chi connectivity index (χ2n) is 12.9. The molecule has 2 aliphatic rings. The average Bonchev–Trinajstić information content (AvgIpc) is 1.47. The first-order valence-electron chi connectivity index (χ1n) is 31.4. The molecule has 254 valence electrons. The zero-order valence-electron chi connectivity index (χ0n) is 56.9. The zero-order chi connectivity index (χ0) is 61.3. The Bertz CT molecular complexity index is 4760. The molecule has 55 heavy (non-hydrogen) atoms. The van der Waals surface area contributed by atoms with Gasteiger partial charge in [0, 0.05) is 0 Å². The maximum Gasteiger partial charge on any atom is 0.0725 e. The summed E-state index contributed by atoms with van der Waals surface area (Å²) < 4.78 is 271. The van der Waals surface area contributed by atoms with E-state index in [2.05, 4.69) is 0 Å². The van der Waals surface area contributed by atoms with E-state index >= 15 is 0 Å². The van der Waals surface area contributed by atoms with E-state index in [9.17, 15) is 21.9 Å². The smallest absolute Gasteiger partial charge is 0.0622 e. The molecule has 0 heteroatoms. The molecule has 0 unspecified atom stereocenters. The Balaban J connectivity index is 1.33. The van der Waals surface area contributed by atoms with Crippen LogP contribution in [0, 0.1) is 0 Å². The Morgan fingerprint density at radius 3 is 1.25 bits per heavy atom. The third kappa shape index (κ3) is 4.17. The molecule has 0 atom stereocenters. The quantitative estimate of drug-likeness (QED) is 0.159. The summed E-state index contributed by atoms with van der Waals surface area (Å²) in [6, 6.07) is -18.9. The standard InChI is InChI=1S/C55H34/c1-2-14-35(15-3-1)36-27-30-53-49(32-36)50-34-38(28-31-54(50)55(53)51-24-12-10-22-46(51)47-23-11-13-25-52(47)55)40-17-5-4-16-39(40)37-26-29-45-43-20-7-6-18-41(43)42-19-8-9-21-44(42)48(45)33-37/h1-34H/i4D,5D,6D,7D,8D,9D,10D,11D,12D,13D,16D,17D,18D,19D,20D,21D,22D,23D,24D,25D,26D,27D,28D,29D,30D,31D,32D,33D,34D. The van der Waals surface area contributed by atoms with E-state index < -0.39 is 280 Å². The van der Waals surface area contributed by atoms with E-state index in [-0.39, 0.29) is 11.1 Å². The molecule has 0 nitrogen and oxygen atoms in total. The van der Waals surface area contributed by atoms with Crippen LogP contribution < -0.4 is 0 Å². The summed E-state index contributed by atoms with van der Waals surface area (Å²) in [5.74, 6) is 0. The molecule has 1 spiro atoms. The van der Waals surface area contributed by atoms with Crippen molar-refractivity contribution in [3.05, 3.63) is 228 Å². The Hall–Kier alpha value is -7.02. The maximum atomic E-state index is 10.5. The van der Waals surface area contributed by atoms with Crippen molar-refractivity contribution in [1.82, 2.24) is 0 Å². The summed E-state index contributed by atoms with van der Waals surface area (Å²) >= 11 is 0. The van der Waals surface area contributed by atoms with Crippen LogP contribution in [-0.2, 0) is 5.41 Å². The first kappa shape index (κ1) is 13.7. The van der Waals surface area contributed by atoms with E-state index in [4.69, 9.17) is 17.8 Å². The normalized spacial score (nSPS) is 20.6. The van der Waals surface area contributed by atoms with Gasteiger partial charge in [-0.1, -0.05) is 187 Å². The van der Waals surface area contributed by atoms with E-state index in [1.807, 2.05) is 0 Å². The first-order chi connectivity index (χ1) is 39.4. The van der Waals surface area contributed by atoms with Crippen molar-refractivity contribution in [3.63, 3.8) is 0 Å². The summed E-state index contributed by atoms with van der Waals surface area (Å²) in [4.78, 5) is 0. The Labute approximate surface area is 361 Å². The molecule has 10 aromatic carbocycles. The predicted octanol–water partition coefficient (Wildman–Crippen LogP) is 14.5. The minimum atomic E-state index is -2.78. The molecule has 0 radical (unpaired) electrons. The molecular formula is C55H34. The van der Waals surface area contributed by atoms with Crippen molar-refractivity contribution in [2.24, 2.45) is 0 Å². The van der Waals surface area contributed by atoms with Gasteiger partial charge in [0.2, 0.25) is 0 Å². The van der Waals surface area contributed by atoms with Crippen LogP contribution in [0.2, 0.25) is 0 Å². The largest absolute Gasteiger partial charge is 0.0725 e. The first-order valence-corrected chi connectivity index (χ1v) is 16.9. The van der Waals surface area contributed by atoms with Gasteiger partial charge in [-0.05, 0) is 128 Å². The van der Waals surface area contributed by atoms with Gasteiger partial charge in [-0.25, -0.2) is 0 Å². The summed E-state index contributed by atoms with van der Waals surface area (Å²) in [6.07, 6.45) is 0. The van der Waals surface area contributed by atoms with Crippen LogP contribution in [0.15, 0.2) is 206 Å². The summed E-state index contributed by atoms with van der Waals surface area (Å²) in [5.41, 5.74) is -11.1. The molecule has 0 bridgehead atoms. The third-order valence-corrected chi connectivity index (χ3v) is 10.2. The number of fused-ring (bicyclic) bond motifs is 16. The van der Waals surface area contributed by atoms with Gasteiger partial charge < -0.3 is 0 Å². The Kier molecular flexibility index (Phi) is 2.86. The lowest BCUT2D eigenvalue weighted by atomic mass is 9.70. The highest BCUT2D eigenvalue weighted by Crippen LogP contribution is 2.63. The van der Waals surface area contributed by atoms with Gasteiger partial charge in [0.05, 0.1) is 45.2 Å². The number of hydrogen-bond acceptors (Lipinski definition) is 0. The lowest BCUT2D eigenvalue weighted by Crippen LogP contribution is -2.25. The fraction of sp³-hybridized carbons (Fsp3) is 0.0182. The fourth-order valence-corrected chi connectivity index (χ4v) is 7.91. The van der Waals surface area contributed by atoms with Crippen molar-refractivity contribution in [1.29, 1.82) is 0 Å². The summed E-state index contributed by atoms with van der Waals surface area (Å²) in [7, 11) is 0. The molecule has 0 saturated heterocycles. The second-order valence-corrected chi connectivity index (χ2v) is 12.9. The summed E-state index contributed by atoms with van der Waals surface area (Å²) in [6.45, 7) is 0. The number of hydrogen-bond donors (Lipinski definition) is 0. The Morgan fingerprint density at radius 1 is 0.273 bits per heavy atom. The summed E-state index contributed by atoms with van der Waals surface area (Å²) in [5, 5.41) is -3.38. The van der Waals surface area contributed by atoms with Crippen molar-refractivity contribution >= 4 is 32.3 Å². The topological polar surface area (TPSA) is 0 Å². The zero-order valence-corrected chi connectivity index (χ0v) is 27.9. The molecule has 0 amide bonds. The highest BCUT2D eigenvalue weighted by molar-refractivity contribution is 6.25. The number of benzene rings is 10. The van der Waals surface area contributed by atoms with Crippen LogP contribution >= 0.6 is 0 Å². The highest BCUT2D eigenvalue weighted by Gasteiger charge is 2.51. The van der Waals surface area contributed by atoms with Gasteiger partial charge in [-0.15, -0.1) is 0 Å². The predicted molar refractivity (Wildman–Crippen MR) is 232 cm³/mol. The van der Waals surface area contributed by atoms with E-state index in [0.717, 1.165) is 0 Å². The number of rotatable bonds is 3. The molecule has 0 saturated carbocycles. The van der Waals surface area contributed by atoms with Gasteiger partial charge in [0.1, 0.15) is 0 Å². The Morgan fingerprint density at radius 2 is 0.673 bits per heavy atom. The third-order valence-electron chi connectivity index (χ3n) is 10.2. The van der Waals surface area contributed by atoms with Gasteiger partial charge in [0.15, 0.2) is 0 Å². The van der Waals surface area contributed by atoms with Crippen LogP contribution in [0.1, 0.15) is 62.0 Å². The van der Waals surface area contributed by atoms with Crippen LogP contribution in [-0.4, -0.2) is 0 Å². The molecular weight excluding hydrogens is 661 g/mol. The average molecular weight is 724 g/mol. The van der Waals surface area contributed by atoms with Crippen molar-refractivity contribution in [2.45, 2.75) is 5.41 Å². The molecule has 0 heterocycles. The van der Waals surface area contributed by atoms with Crippen molar-refractivity contribution < 1.29 is 39.8 Å². The minimum Gasteiger partial charge on any atom is -0.0622 e. The highest BCUT2D eigenvalue weighted by atomic mass is 14.5. The van der Waals surface area contributed by atoms with Crippen molar-refractivity contribution in [3.8, 4) is 55.6 Å². The van der Waals surface area contributed by atoms with Crippen LogP contribution in [0.4, 0.5) is 0 Å². The van der Waals surface area contributed by atoms with Gasteiger partial charge in [-0.3, -0.25) is 0 Å². The van der Waals surface area contributed by atoms with Gasteiger partial charge >= 0.3 is 0 Å². The molecule has 2 aliphatic carbocycles. The molecule has 0 N–H and O–H groups in total. The van der Waals surface area contributed by atoms with Gasteiger partial charge in [0.25, 0.3) is 0 Å². The van der Waals surface area contributed by atoms with Crippen LogP contribution in [0.25, 0.3) is 88.0 Å². The molecule has 0 fully saturated rings. The van der Waals surface area contributed by atoms with E-state index in [1.165, 1.54) is 12.1 Å². The van der Waals surface area contributed by atoms with E-state index in [1.54, 1.807) is 18.2 Å².